The lowest BCUT2D eigenvalue weighted by atomic mass is 10.4. The van der Waals surface area contributed by atoms with Gasteiger partial charge in [0, 0.05) is 10.8 Å². The first-order valence-corrected chi connectivity index (χ1v) is 3.63. The Balaban J connectivity index is 2.95. The van der Waals surface area contributed by atoms with Crippen LogP contribution < -0.4 is 5.73 Å². The van der Waals surface area contributed by atoms with E-state index in [1.54, 1.807) is 0 Å². The summed E-state index contributed by atoms with van der Waals surface area (Å²) in [6.07, 6.45) is 0.810. The molecule has 11 heavy (non-hydrogen) atoms. The second-order valence-corrected chi connectivity index (χ2v) is 2.67. The van der Waals surface area contributed by atoms with Crippen molar-refractivity contribution in [1.82, 2.24) is 0 Å². The zero-order valence-corrected chi connectivity index (χ0v) is 6.21. The molecule has 0 fully saturated rings. The molecule has 60 valence electrons. The summed E-state index contributed by atoms with van der Waals surface area (Å²) in [4.78, 5) is 8.39. The van der Waals surface area contributed by atoms with Crippen molar-refractivity contribution < 1.29 is 9.60 Å². The molecule has 0 unspecified atom stereocenters. The van der Waals surface area contributed by atoms with Crippen LogP contribution >= 0.6 is 11.8 Å². The molecule has 1 rings (SSSR count). The Bertz CT molecular complexity index is 246. The van der Waals surface area contributed by atoms with Crippen molar-refractivity contribution in [3.8, 4) is 0 Å². The van der Waals surface area contributed by atoms with Crippen molar-refractivity contribution in [3.63, 3.8) is 0 Å². The van der Waals surface area contributed by atoms with E-state index in [4.69, 9.17) is 5.73 Å². The van der Waals surface area contributed by atoms with Crippen LogP contribution in [0.4, 0.5) is 0 Å². The van der Waals surface area contributed by atoms with Crippen molar-refractivity contribution >= 4 is 17.7 Å². The third-order valence-electron chi connectivity index (χ3n) is 1.10. The molecule has 0 spiro atoms. The molecule has 0 aromatic rings. The lowest BCUT2D eigenvalue weighted by Crippen LogP contribution is -2.36. The summed E-state index contributed by atoms with van der Waals surface area (Å²) >= 11 is 1.07. The lowest BCUT2D eigenvalue weighted by molar-refractivity contribution is -0.727. The Morgan fingerprint density at radius 1 is 1.64 bits per heavy atom. The maximum absolute atomic E-state index is 10.8. The van der Waals surface area contributed by atoms with E-state index in [1.807, 2.05) is 0 Å². The molecule has 2 N–H and O–H groups in total. The molecule has 0 radical (unpaired) electrons. The van der Waals surface area contributed by atoms with E-state index in [1.165, 1.54) is 5.41 Å². The number of thioether (sulfide) groups is 1. The highest BCUT2D eigenvalue weighted by Gasteiger charge is 2.19. The smallest absolute Gasteiger partial charge is 0.304 e. The largest absolute Gasteiger partial charge is 0.621 e. The van der Waals surface area contributed by atoms with Gasteiger partial charge in [-0.3, -0.25) is 4.79 Å². The number of hydrogen-bond acceptors (Lipinski definition) is 4. The summed E-state index contributed by atoms with van der Waals surface area (Å²) in [5.41, 5.74) is 4.28. The van der Waals surface area contributed by atoms with Crippen molar-refractivity contribution in [2.24, 2.45) is 5.73 Å². The van der Waals surface area contributed by atoms with Crippen molar-refractivity contribution in [3.05, 3.63) is 33.1 Å². The van der Waals surface area contributed by atoms with Crippen LogP contribution in [-0.2, 0) is 4.79 Å². The number of amides is 1. The molecule has 1 aliphatic heterocycles. The van der Waals surface area contributed by atoms with Gasteiger partial charge in [-0.1, -0.05) is 11.8 Å². The number of carbonyl (C=O) groups excluding carboxylic acids is 1. The van der Waals surface area contributed by atoms with Gasteiger partial charge in [0.25, 0.3) is 0 Å². The van der Waals surface area contributed by atoms with Crippen LogP contribution in [0.3, 0.4) is 0 Å². The first kappa shape index (κ1) is 8.28. The normalized spacial score (nSPS) is 21.1. The minimum absolute atomic E-state index is 0.488. The fourth-order valence-corrected chi connectivity index (χ4v) is 1.29. The van der Waals surface area contributed by atoms with Gasteiger partial charge in [0.05, 0.1) is 0 Å². The van der Waals surface area contributed by atoms with Crippen LogP contribution in [0.1, 0.15) is 0 Å². The zero-order chi connectivity index (χ0) is 8.48. The Morgan fingerprint density at radius 3 is 2.64 bits per heavy atom. The summed E-state index contributed by atoms with van der Waals surface area (Å²) in [5, 5.41) is 24.1. The van der Waals surface area contributed by atoms with Crippen molar-refractivity contribution in [2.75, 3.05) is 0 Å². The molecular formula is C5H5N2O3S-. The maximum atomic E-state index is 10.8. The van der Waals surface area contributed by atoms with E-state index in [0.29, 0.717) is 0 Å². The van der Waals surface area contributed by atoms with Gasteiger partial charge < -0.3 is 21.0 Å². The number of nitrogens with zero attached hydrogens (tertiary/aromatic N) is 1. The van der Waals surface area contributed by atoms with Crippen LogP contribution in [0, 0.1) is 10.4 Å². The number of carbonyl (C=O) groups is 1. The molecule has 0 saturated heterocycles. The Labute approximate surface area is 66.9 Å². The zero-order valence-electron chi connectivity index (χ0n) is 5.39. The fourth-order valence-electron chi connectivity index (χ4n) is 0.584. The second kappa shape index (κ2) is 2.67. The van der Waals surface area contributed by atoms with Gasteiger partial charge in [0.1, 0.15) is 6.20 Å². The average molecular weight is 173 g/mol. The van der Waals surface area contributed by atoms with Crippen LogP contribution in [0.15, 0.2) is 22.7 Å². The van der Waals surface area contributed by atoms with Crippen molar-refractivity contribution in [1.29, 1.82) is 0 Å². The Hall–Kier alpha value is -0.820. The van der Waals surface area contributed by atoms with E-state index >= 15 is 0 Å². The fraction of sp³-hybridized carbons (Fsp3) is 0. The molecule has 1 amide bonds. The molecule has 5 nitrogen and oxygen atoms in total. The number of nitrogens with two attached hydrogens (primary N) is 1. The molecule has 1 heterocycles. The molecule has 0 bridgehead atoms. The predicted octanol–water partition coefficient (Wildman–Crippen LogP) is 0.344. The van der Waals surface area contributed by atoms with Crippen LogP contribution in [-0.4, -0.2) is 10.7 Å². The summed E-state index contributed by atoms with van der Waals surface area (Å²) in [5.74, 6) is -0.980. The Morgan fingerprint density at radius 2 is 2.27 bits per heavy atom. The monoisotopic (exact) mass is 173 g/mol. The standard InChI is InChI=1S/C5H5N2O3S/c6-5(8)4-3-11-2-1-7(4,9)10/h1-3H,(H2,6,8)/q-1. The van der Waals surface area contributed by atoms with E-state index in [2.05, 4.69) is 0 Å². The van der Waals surface area contributed by atoms with Crippen molar-refractivity contribution in [2.45, 2.75) is 0 Å². The van der Waals surface area contributed by atoms with Gasteiger partial charge in [-0.2, -0.15) is 0 Å². The van der Waals surface area contributed by atoms with Gasteiger partial charge in [0.15, 0.2) is 0 Å². The van der Waals surface area contributed by atoms with Gasteiger partial charge in [-0.05, 0) is 0 Å². The summed E-state index contributed by atoms with van der Waals surface area (Å²) in [6, 6.07) is 0. The quantitative estimate of drug-likeness (QED) is 0.457. The first-order chi connectivity index (χ1) is 5.04. The molecule has 0 aromatic carbocycles. The molecule has 0 atom stereocenters. The van der Waals surface area contributed by atoms with Gasteiger partial charge in [-0.15, -0.1) is 0 Å². The molecule has 0 saturated carbocycles. The van der Waals surface area contributed by atoms with E-state index in [-0.39, 0.29) is 0 Å². The number of primary amides is 1. The molecule has 0 aromatic heterocycles. The topological polar surface area (TPSA) is 89.2 Å². The van der Waals surface area contributed by atoms with Crippen LogP contribution in [0.25, 0.3) is 0 Å². The predicted molar refractivity (Wildman–Crippen MR) is 41.0 cm³/mol. The van der Waals surface area contributed by atoms with Gasteiger partial charge in [0.2, 0.25) is 5.70 Å². The molecule has 6 heteroatoms. The third-order valence-corrected chi connectivity index (χ3v) is 1.74. The van der Waals surface area contributed by atoms with Crippen LogP contribution in [0.2, 0.25) is 0 Å². The Kier molecular flexibility index (Phi) is 2.01. The molecule has 0 aliphatic carbocycles. The van der Waals surface area contributed by atoms with Gasteiger partial charge >= 0.3 is 5.91 Å². The van der Waals surface area contributed by atoms with E-state index < -0.39 is 16.4 Å². The lowest BCUT2D eigenvalue weighted by Gasteiger charge is -2.43. The summed E-state index contributed by atoms with van der Waals surface area (Å²) < 4.78 is 0. The minimum atomic E-state index is -2.07. The molecular weight excluding hydrogens is 168 g/mol. The van der Waals surface area contributed by atoms with Gasteiger partial charge in [-0.25, -0.2) is 0 Å². The number of hydroxylamine groups is 4. The van der Waals surface area contributed by atoms with E-state index in [0.717, 1.165) is 23.4 Å². The average Bonchev–Trinajstić information content (AvgIpc) is 1.85. The second-order valence-electron chi connectivity index (χ2n) is 1.89. The SMILES string of the molecule is NC(=O)C1=CSC=C[N+]1([O-])[O-]. The van der Waals surface area contributed by atoms with Crippen LogP contribution in [0.5, 0.6) is 0 Å². The summed E-state index contributed by atoms with van der Waals surface area (Å²) in [6.45, 7) is 0. The minimum Gasteiger partial charge on any atom is -0.621 e. The maximum Gasteiger partial charge on any atom is 0.304 e. The number of quaternary nitrogens is 1. The number of rotatable bonds is 1. The summed E-state index contributed by atoms with van der Waals surface area (Å²) in [7, 11) is 0. The number of hydrogen-bond donors (Lipinski definition) is 1. The highest BCUT2D eigenvalue weighted by molar-refractivity contribution is 8.04. The van der Waals surface area contributed by atoms with E-state index in [9.17, 15) is 15.2 Å². The first-order valence-electron chi connectivity index (χ1n) is 2.68. The molecule has 1 aliphatic rings. The third kappa shape index (κ3) is 1.60. The highest BCUT2D eigenvalue weighted by Crippen LogP contribution is 2.25. The highest BCUT2D eigenvalue weighted by atomic mass is 32.2.